The third-order valence-electron chi connectivity index (χ3n) is 2.52. The van der Waals surface area contributed by atoms with Gasteiger partial charge in [0.1, 0.15) is 12.1 Å². The molecule has 0 fully saturated rings. The second-order valence-electron chi connectivity index (χ2n) is 3.92. The van der Waals surface area contributed by atoms with Crippen molar-refractivity contribution in [1.82, 2.24) is 0 Å². The van der Waals surface area contributed by atoms with Gasteiger partial charge in [-0.3, -0.25) is 0 Å². The van der Waals surface area contributed by atoms with E-state index in [1.165, 1.54) is 6.92 Å². The van der Waals surface area contributed by atoms with Crippen LogP contribution in [0.1, 0.15) is 27.2 Å². The zero-order valence-electron chi connectivity index (χ0n) is 9.84. The Bertz CT molecular complexity index is 255. The van der Waals surface area contributed by atoms with Gasteiger partial charge in [-0.15, -0.1) is 0 Å². The summed E-state index contributed by atoms with van der Waals surface area (Å²) in [7, 11) is 0. The standard InChI is InChI=1S/C10H20N2O4/c1-4-5(2)7(11)9(14)16-10(15)8(12)6(3)13/h5-8,13H,4,11-12H2,1-3H3/t5-,6+,7-,8-/m0/s1. The maximum atomic E-state index is 11.4. The summed E-state index contributed by atoms with van der Waals surface area (Å²) in [5, 5.41) is 9.03. The molecule has 5 N–H and O–H groups in total. The Kier molecular flexibility index (Phi) is 6.17. The molecule has 0 aromatic carbocycles. The first-order valence-corrected chi connectivity index (χ1v) is 5.26. The van der Waals surface area contributed by atoms with Crippen LogP contribution in [0.2, 0.25) is 0 Å². The molecule has 0 rings (SSSR count). The van der Waals surface area contributed by atoms with E-state index in [2.05, 4.69) is 4.74 Å². The molecule has 0 radical (unpaired) electrons. The third-order valence-corrected chi connectivity index (χ3v) is 2.52. The number of aliphatic hydroxyl groups is 1. The van der Waals surface area contributed by atoms with E-state index in [-0.39, 0.29) is 5.92 Å². The molecule has 0 aromatic rings. The van der Waals surface area contributed by atoms with E-state index in [1.54, 1.807) is 6.92 Å². The van der Waals surface area contributed by atoms with Crippen molar-refractivity contribution in [3.63, 3.8) is 0 Å². The topological polar surface area (TPSA) is 116 Å². The number of ether oxygens (including phenoxy) is 1. The summed E-state index contributed by atoms with van der Waals surface area (Å²) in [4.78, 5) is 22.6. The highest BCUT2D eigenvalue weighted by Crippen LogP contribution is 2.07. The zero-order chi connectivity index (χ0) is 12.9. The highest BCUT2D eigenvalue weighted by Gasteiger charge is 2.27. The molecule has 0 amide bonds. The molecule has 0 bridgehead atoms. The molecule has 0 saturated heterocycles. The van der Waals surface area contributed by atoms with Crippen molar-refractivity contribution in [2.45, 2.75) is 45.4 Å². The maximum Gasteiger partial charge on any atom is 0.333 e. The van der Waals surface area contributed by atoms with Crippen molar-refractivity contribution in [3.05, 3.63) is 0 Å². The quantitative estimate of drug-likeness (QED) is 0.419. The molecule has 0 aromatic heterocycles. The van der Waals surface area contributed by atoms with Crippen LogP contribution in [0.15, 0.2) is 0 Å². The summed E-state index contributed by atoms with van der Waals surface area (Å²) in [6.07, 6.45) is -0.368. The van der Waals surface area contributed by atoms with Crippen LogP contribution in [0, 0.1) is 5.92 Å². The average molecular weight is 232 g/mol. The fraction of sp³-hybridized carbons (Fsp3) is 0.800. The molecule has 16 heavy (non-hydrogen) atoms. The SMILES string of the molecule is CC[C@H](C)[C@H](N)C(=O)OC(=O)[C@@H](N)[C@@H](C)O. The molecule has 94 valence electrons. The second-order valence-corrected chi connectivity index (χ2v) is 3.92. The van der Waals surface area contributed by atoms with Crippen LogP contribution < -0.4 is 11.5 Å². The van der Waals surface area contributed by atoms with E-state index in [0.717, 1.165) is 0 Å². The first kappa shape index (κ1) is 15.0. The number of hydrogen-bond donors (Lipinski definition) is 3. The second kappa shape index (κ2) is 6.57. The fourth-order valence-electron chi connectivity index (χ4n) is 0.918. The largest absolute Gasteiger partial charge is 0.391 e. The van der Waals surface area contributed by atoms with Crippen molar-refractivity contribution in [1.29, 1.82) is 0 Å². The van der Waals surface area contributed by atoms with Gasteiger partial charge in [0.2, 0.25) is 0 Å². The first-order chi connectivity index (χ1) is 7.31. The Morgan fingerprint density at radius 3 is 2.00 bits per heavy atom. The smallest absolute Gasteiger partial charge is 0.333 e. The Morgan fingerprint density at radius 1 is 1.19 bits per heavy atom. The van der Waals surface area contributed by atoms with Gasteiger partial charge >= 0.3 is 11.9 Å². The number of aliphatic hydroxyl groups excluding tert-OH is 1. The molecular weight excluding hydrogens is 212 g/mol. The minimum Gasteiger partial charge on any atom is -0.391 e. The van der Waals surface area contributed by atoms with Crippen LogP contribution in [-0.4, -0.2) is 35.2 Å². The van der Waals surface area contributed by atoms with Gasteiger partial charge in [-0.2, -0.15) is 0 Å². The van der Waals surface area contributed by atoms with Crippen molar-refractivity contribution in [2.24, 2.45) is 17.4 Å². The van der Waals surface area contributed by atoms with Crippen LogP contribution >= 0.6 is 0 Å². The lowest BCUT2D eigenvalue weighted by Gasteiger charge is -2.18. The van der Waals surface area contributed by atoms with Crippen molar-refractivity contribution >= 4 is 11.9 Å². The van der Waals surface area contributed by atoms with E-state index in [0.29, 0.717) is 6.42 Å². The van der Waals surface area contributed by atoms with Crippen LogP contribution in [-0.2, 0) is 14.3 Å². The summed E-state index contributed by atoms with van der Waals surface area (Å²) < 4.78 is 4.47. The summed E-state index contributed by atoms with van der Waals surface area (Å²) in [5.74, 6) is -1.85. The van der Waals surface area contributed by atoms with Gasteiger partial charge in [0.05, 0.1) is 6.10 Å². The van der Waals surface area contributed by atoms with Gasteiger partial charge in [-0.25, -0.2) is 9.59 Å². The van der Waals surface area contributed by atoms with Gasteiger partial charge in [0, 0.05) is 0 Å². The van der Waals surface area contributed by atoms with Crippen LogP contribution in [0.3, 0.4) is 0 Å². The average Bonchev–Trinajstić information content (AvgIpc) is 2.25. The molecule has 4 atom stereocenters. The number of rotatable bonds is 5. The fourth-order valence-corrected chi connectivity index (χ4v) is 0.918. The highest BCUT2D eigenvalue weighted by atomic mass is 16.6. The molecule has 0 heterocycles. The molecule has 6 heteroatoms. The van der Waals surface area contributed by atoms with E-state index in [4.69, 9.17) is 16.6 Å². The lowest BCUT2D eigenvalue weighted by atomic mass is 10.0. The third kappa shape index (κ3) is 4.26. The monoisotopic (exact) mass is 232 g/mol. The van der Waals surface area contributed by atoms with E-state index >= 15 is 0 Å². The zero-order valence-corrected chi connectivity index (χ0v) is 9.84. The molecule has 0 aliphatic heterocycles. The summed E-state index contributed by atoms with van der Waals surface area (Å²) in [5.41, 5.74) is 10.9. The number of carbonyl (C=O) groups is 2. The Hall–Kier alpha value is -0.980. The van der Waals surface area contributed by atoms with Crippen LogP contribution in [0.25, 0.3) is 0 Å². The number of carbonyl (C=O) groups excluding carboxylic acids is 2. The summed E-state index contributed by atoms with van der Waals surface area (Å²) in [6.45, 7) is 5.00. The lowest BCUT2D eigenvalue weighted by molar-refractivity contribution is -0.163. The van der Waals surface area contributed by atoms with Crippen molar-refractivity contribution < 1.29 is 19.4 Å². The summed E-state index contributed by atoms with van der Waals surface area (Å²) >= 11 is 0. The van der Waals surface area contributed by atoms with E-state index < -0.39 is 30.1 Å². The summed E-state index contributed by atoms with van der Waals surface area (Å²) in [6, 6.07) is -2.08. The van der Waals surface area contributed by atoms with E-state index in [9.17, 15) is 9.59 Å². The Balaban J connectivity index is 4.30. The Labute approximate surface area is 94.9 Å². The van der Waals surface area contributed by atoms with Gasteiger partial charge in [-0.1, -0.05) is 20.3 Å². The van der Waals surface area contributed by atoms with Gasteiger partial charge in [0.15, 0.2) is 0 Å². The van der Waals surface area contributed by atoms with E-state index in [1.807, 2.05) is 6.92 Å². The number of hydrogen-bond acceptors (Lipinski definition) is 6. The Morgan fingerprint density at radius 2 is 1.62 bits per heavy atom. The van der Waals surface area contributed by atoms with Crippen molar-refractivity contribution in [3.8, 4) is 0 Å². The molecule has 0 saturated carbocycles. The molecule has 0 spiro atoms. The lowest BCUT2D eigenvalue weighted by Crippen LogP contribution is -2.46. The first-order valence-electron chi connectivity index (χ1n) is 5.26. The van der Waals surface area contributed by atoms with Gasteiger partial charge in [-0.05, 0) is 12.8 Å². The normalized spacial score (nSPS) is 18.4. The minimum atomic E-state index is -1.23. The van der Waals surface area contributed by atoms with Gasteiger partial charge < -0.3 is 21.3 Å². The number of esters is 2. The predicted octanol–water partition coefficient (Wildman–Crippen LogP) is -0.862. The molecule has 0 unspecified atom stereocenters. The highest BCUT2D eigenvalue weighted by molar-refractivity contribution is 5.91. The molecule has 6 nitrogen and oxygen atoms in total. The molecular formula is C10H20N2O4. The number of nitrogens with two attached hydrogens (primary N) is 2. The van der Waals surface area contributed by atoms with Crippen LogP contribution in [0.5, 0.6) is 0 Å². The molecule has 0 aliphatic carbocycles. The maximum absolute atomic E-state index is 11.4. The predicted molar refractivity (Wildman–Crippen MR) is 58.2 cm³/mol. The van der Waals surface area contributed by atoms with Crippen molar-refractivity contribution in [2.75, 3.05) is 0 Å². The van der Waals surface area contributed by atoms with Gasteiger partial charge in [0.25, 0.3) is 0 Å². The molecule has 0 aliphatic rings. The van der Waals surface area contributed by atoms with Crippen LogP contribution in [0.4, 0.5) is 0 Å². The minimum absolute atomic E-state index is 0.0805.